The van der Waals surface area contributed by atoms with Crippen LogP contribution in [0.25, 0.3) is 0 Å². The van der Waals surface area contributed by atoms with Crippen molar-refractivity contribution in [2.45, 2.75) is 12.7 Å². The normalized spacial score (nSPS) is 10.4. The summed E-state index contributed by atoms with van der Waals surface area (Å²) < 4.78 is 36.9. The minimum absolute atomic E-state index is 0.402. The van der Waals surface area contributed by atoms with Crippen molar-refractivity contribution >= 4 is 23.5 Å². The highest BCUT2D eigenvalue weighted by Gasteiger charge is 2.38. The number of alkyl halides is 3. The Morgan fingerprint density at radius 1 is 1.04 bits per heavy atom. The van der Waals surface area contributed by atoms with Gasteiger partial charge in [0.1, 0.15) is 5.75 Å². The number of carbonyl (C=O) groups excluding carboxylic acids is 1. The molecule has 2 aromatic carbocycles. The molecule has 0 heterocycles. The van der Waals surface area contributed by atoms with Crippen LogP contribution < -0.4 is 10.5 Å². The molecule has 5 nitrogen and oxygen atoms in total. The van der Waals surface area contributed by atoms with Gasteiger partial charge >= 0.3 is 18.1 Å². The molecule has 25 heavy (non-hydrogen) atoms. The van der Waals surface area contributed by atoms with Gasteiger partial charge in [0.2, 0.25) is 0 Å². The summed E-state index contributed by atoms with van der Waals surface area (Å²) in [4.78, 5) is 20.7. The van der Waals surface area contributed by atoms with E-state index in [4.69, 9.17) is 32.0 Å². The van der Waals surface area contributed by atoms with Gasteiger partial charge in [0.25, 0.3) is 0 Å². The summed E-state index contributed by atoms with van der Waals surface area (Å²) in [6.45, 7) is 0.451. The topological polar surface area (TPSA) is 89.6 Å². The number of benzene rings is 2. The molecule has 0 saturated carbocycles. The Bertz CT molecular complexity index is 716. The maximum absolute atomic E-state index is 11.8. The number of ether oxygens (including phenoxy) is 1. The van der Waals surface area contributed by atoms with E-state index in [9.17, 15) is 18.0 Å². The van der Waals surface area contributed by atoms with Crippen LogP contribution in [0.15, 0.2) is 48.5 Å². The molecule has 0 amide bonds. The van der Waals surface area contributed by atoms with Gasteiger partial charge in [0.05, 0.1) is 5.56 Å². The smallest absolute Gasteiger partial charge is 0.475 e. The third-order valence-corrected chi connectivity index (χ3v) is 2.94. The lowest BCUT2D eigenvalue weighted by Crippen LogP contribution is -2.21. The Labute approximate surface area is 145 Å². The van der Waals surface area contributed by atoms with E-state index in [1.165, 1.54) is 0 Å². The highest BCUT2D eigenvalue weighted by molar-refractivity contribution is 6.30. The zero-order valence-corrected chi connectivity index (χ0v) is 13.3. The minimum Gasteiger partial charge on any atom is -0.475 e. The predicted molar refractivity (Wildman–Crippen MR) is 84.4 cm³/mol. The number of carboxylic acids is 1. The van der Waals surface area contributed by atoms with Crippen molar-refractivity contribution in [3.8, 4) is 5.75 Å². The van der Waals surface area contributed by atoms with Gasteiger partial charge in [-0.1, -0.05) is 23.7 Å². The number of esters is 1. The Balaban J connectivity index is 0.000000381. The lowest BCUT2D eigenvalue weighted by atomic mass is 10.1. The first-order valence-electron chi connectivity index (χ1n) is 6.70. The first kappa shape index (κ1) is 20.5. The average molecular weight is 376 g/mol. The Morgan fingerprint density at radius 3 is 1.92 bits per heavy atom. The van der Waals surface area contributed by atoms with E-state index in [2.05, 4.69) is 0 Å². The van der Waals surface area contributed by atoms with Crippen molar-refractivity contribution in [2.75, 3.05) is 0 Å². The fourth-order valence-corrected chi connectivity index (χ4v) is 1.57. The van der Waals surface area contributed by atoms with Crippen LogP contribution in [-0.4, -0.2) is 23.2 Å². The van der Waals surface area contributed by atoms with E-state index in [1.807, 2.05) is 0 Å². The van der Waals surface area contributed by atoms with E-state index < -0.39 is 18.1 Å². The van der Waals surface area contributed by atoms with Crippen molar-refractivity contribution in [1.82, 2.24) is 0 Å². The molecule has 0 unspecified atom stereocenters. The van der Waals surface area contributed by atoms with Crippen LogP contribution in [0.5, 0.6) is 5.75 Å². The zero-order chi connectivity index (χ0) is 19.0. The van der Waals surface area contributed by atoms with E-state index in [1.54, 1.807) is 48.5 Å². The molecule has 0 aliphatic heterocycles. The standard InChI is InChI=1S/C14H12ClNO2.C2HF3O2/c15-12-5-7-13(8-6-12)18-14(17)11-3-1-10(9-16)2-4-11;3-2(4,5)1(6)7/h1-8H,9,16H2;(H,6,7). The summed E-state index contributed by atoms with van der Waals surface area (Å²) in [5.74, 6) is -2.69. The van der Waals surface area contributed by atoms with Crippen LogP contribution >= 0.6 is 11.6 Å². The van der Waals surface area contributed by atoms with Crippen LogP contribution in [0.4, 0.5) is 13.2 Å². The molecule has 0 atom stereocenters. The van der Waals surface area contributed by atoms with Crippen LogP contribution in [0.2, 0.25) is 5.02 Å². The molecule has 9 heteroatoms. The number of carbonyl (C=O) groups is 2. The number of hydrogen-bond acceptors (Lipinski definition) is 4. The molecule has 0 fully saturated rings. The third-order valence-electron chi connectivity index (χ3n) is 2.69. The quantitative estimate of drug-likeness (QED) is 0.631. The molecule has 2 rings (SSSR count). The number of aliphatic carboxylic acids is 1. The summed E-state index contributed by atoms with van der Waals surface area (Å²) in [6.07, 6.45) is -5.08. The van der Waals surface area contributed by atoms with Gasteiger partial charge in [-0.05, 0) is 42.0 Å². The first-order chi connectivity index (χ1) is 11.6. The number of nitrogens with two attached hydrogens (primary N) is 1. The van der Waals surface area contributed by atoms with Crippen LogP contribution in [0.3, 0.4) is 0 Å². The monoisotopic (exact) mass is 375 g/mol. The van der Waals surface area contributed by atoms with E-state index in [0.717, 1.165) is 5.56 Å². The van der Waals surface area contributed by atoms with Crippen LogP contribution in [0, 0.1) is 0 Å². The van der Waals surface area contributed by atoms with Gasteiger partial charge in [0.15, 0.2) is 0 Å². The SMILES string of the molecule is NCc1ccc(C(=O)Oc2ccc(Cl)cc2)cc1.O=C(O)C(F)(F)F. The van der Waals surface area contributed by atoms with E-state index in [0.29, 0.717) is 22.9 Å². The third kappa shape index (κ3) is 7.23. The molecular formula is C16H13ClF3NO4. The zero-order valence-electron chi connectivity index (χ0n) is 12.6. The second kappa shape index (κ2) is 9.05. The Hall–Kier alpha value is -2.58. The average Bonchev–Trinajstić information content (AvgIpc) is 2.56. The van der Waals surface area contributed by atoms with Gasteiger partial charge in [0, 0.05) is 11.6 Å². The van der Waals surface area contributed by atoms with Crippen molar-refractivity contribution < 1.29 is 32.6 Å². The molecule has 0 aromatic heterocycles. The van der Waals surface area contributed by atoms with Gasteiger partial charge in [-0.15, -0.1) is 0 Å². The summed E-state index contributed by atoms with van der Waals surface area (Å²) in [6, 6.07) is 13.6. The summed E-state index contributed by atoms with van der Waals surface area (Å²) in [7, 11) is 0. The molecule has 134 valence electrons. The lowest BCUT2D eigenvalue weighted by molar-refractivity contribution is -0.192. The first-order valence-corrected chi connectivity index (χ1v) is 7.08. The number of carboxylic acid groups (broad SMARTS) is 1. The van der Waals surface area contributed by atoms with Gasteiger partial charge in [-0.25, -0.2) is 9.59 Å². The largest absolute Gasteiger partial charge is 0.490 e. The number of hydrogen-bond donors (Lipinski definition) is 2. The molecular weight excluding hydrogens is 363 g/mol. The fourth-order valence-electron chi connectivity index (χ4n) is 1.45. The molecule has 0 radical (unpaired) electrons. The maximum Gasteiger partial charge on any atom is 0.490 e. The van der Waals surface area contributed by atoms with E-state index >= 15 is 0 Å². The van der Waals surface area contributed by atoms with Crippen molar-refractivity contribution in [2.24, 2.45) is 5.73 Å². The molecule has 0 saturated heterocycles. The van der Waals surface area contributed by atoms with Crippen molar-refractivity contribution in [3.05, 3.63) is 64.7 Å². The number of rotatable bonds is 3. The molecule has 3 N–H and O–H groups in total. The predicted octanol–water partition coefficient (Wildman–Crippen LogP) is 3.65. The number of halogens is 4. The Kier molecular flexibility index (Phi) is 7.41. The molecule has 2 aromatic rings. The van der Waals surface area contributed by atoms with E-state index in [-0.39, 0.29) is 0 Å². The lowest BCUT2D eigenvalue weighted by Gasteiger charge is -2.05. The second-order valence-corrected chi connectivity index (χ2v) is 4.98. The molecule has 0 aliphatic carbocycles. The molecule has 0 spiro atoms. The summed E-state index contributed by atoms with van der Waals surface area (Å²) in [5, 5.41) is 7.72. The minimum atomic E-state index is -5.08. The van der Waals surface area contributed by atoms with Crippen molar-refractivity contribution in [1.29, 1.82) is 0 Å². The van der Waals surface area contributed by atoms with Crippen molar-refractivity contribution in [3.63, 3.8) is 0 Å². The van der Waals surface area contributed by atoms with Crippen LogP contribution in [0.1, 0.15) is 15.9 Å². The second-order valence-electron chi connectivity index (χ2n) is 4.55. The van der Waals surface area contributed by atoms with Gasteiger partial charge < -0.3 is 15.6 Å². The maximum atomic E-state index is 11.8. The van der Waals surface area contributed by atoms with Crippen LogP contribution in [-0.2, 0) is 11.3 Å². The summed E-state index contributed by atoms with van der Waals surface area (Å²) in [5.41, 5.74) is 6.94. The molecule has 0 bridgehead atoms. The van der Waals surface area contributed by atoms with Gasteiger partial charge in [-0.2, -0.15) is 13.2 Å². The molecule has 0 aliphatic rings. The van der Waals surface area contributed by atoms with Gasteiger partial charge in [-0.3, -0.25) is 0 Å². The highest BCUT2D eigenvalue weighted by atomic mass is 35.5. The Morgan fingerprint density at radius 2 is 1.52 bits per heavy atom. The fraction of sp³-hybridized carbons (Fsp3) is 0.125. The highest BCUT2D eigenvalue weighted by Crippen LogP contribution is 2.17. The summed E-state index contributed by atoms with van der Waals surface area (Å²) >= 11 is 5.75.